The van der Waals surface area contributed by atoms with Crippen molar-refractivity contribution in [2.45, 2.75) is 42.8 Å². The number of benzene rings is 1. The molecule has 0 fully saturated rings. The van der Waals surface area contributed by atoms with Crippen LogP contribution in [0, 0.1) is 5.92 Å². The molecule has 1 atom stereocenters. The monoisotopic (exact) mass is 345 g/mol. The van der Waals surface area contributed by atoms with E-state index in [-0.39, 0.29) is 4.83 Å². The van der Waals surface area contributed by atoms with Crippen molar-refractivity contribution in [3.8, 4) is 0 Å². The molecule has 0 bridgehead atoms. The van der Waals surface area contributed by atoms with E-state index in [9.17, 15) is 8.42 Å². The van der Waals surface area contributed by atoms with Gasteiger partial charge in [0.05, 0.1) is 4.90 Å². The third-order valence-corrected chi connectivity index (χ3v) is 6.37. The first-order valence-electron chi connectivity index (χ1n) is 6.65. The van der Waals surface area contributed by atoms with Gasteiger partial charge in [0.2, 0.25) is 10.0 Å². The van der Waals surface area contributed by atoms with Gasteiger partial charge in [-0.2, -0.15) is 0 Å². The number of halogens is 1. The Kier molecular flexibility index (Phi) is 4.69. The zero-order valence-electron chi connectivity index (χ0n) is 11.3. The van der Waals surface area contributed by atoms with E-state index in [4.69, 9.17) is 0 Å². The SMILES string of the molecule is CC(C)C(Br)CNS(=O)(=O)c1ccc2c(c1)CCC2. The van der Waals surface area contributed by atoms with Crippen LogP contribution in [-0.4, -0.2) is 19.8 Å². The van der Waals surface area contributed by atoms with E-state index in [0.29, 0.717) is 17.4 Å². The van der Waals surface area contributed by atoms with Gasteiger partial charge in [-0.1, -0.05) is 35.8 Å². The molecule has 1 aromatic carbocycles. The Bertz CT molecular complexity index is 555. The van der Waals surface area contributed by atoms with Crippen LogP contribution in [0.1, 0.15) is 31.4 Å². The number of sulfonamides is 1. The maximum Gasteiger partial charge on any atom is 0.240 e. The highest BCUT2D eigenvalue weighted by atomic mass is 79.9. The number of alkyl halides is 1. The Hall–Kier alpha value is -0.390. The lowest BCUT2D eigenvalue weighted by atomic mass is 10.1. The molecule has 5 heteroatoms. The van der Waals surface area contributed by atoms with Gasteiger partial charge in [-0.15, -0.1) is 0 Å². The Morgan fingerprint density at radius 1 is 1.26 bits per heavy atom. The molecule has 0 aromatic heterocycles. The number of fused-ring (bicyclic) bond motifs is 1. The molecular formula is C14H20BrNO2S. The maximum atomic E-state index is 12.2. The van der Waals surface area contributed by atoms with Gasteiger partial charge in [-0.3, -0.25) is 0 Å². The first-order valence-corrected chi connectivity index (χ1v) is 9.05. The fourth-order valence-corrected chi connectivity index (χ4v) is 3.71. The van der Waals surface area contributed by atoms with E-state index >= 15 is 0 Å². The molecule has 1 aromatic rings. The molecule has 106 valence electrons. The average Bonchev–Trinajstić information content (AvgIpc) is 2.82. The molecule has 0 amide bonds. The smallest absolute Gasteiger partial charge is 0.210 e. The molecule has 0 spiro atoms. The number of hydrogen-bond donors (Lipinski definition) is 1. The highest BCUT2D eigenvalue weighted by Crippen LogP contribution is 2.24. The lowest BCUT2D eigenvalue weighted by Crippen LogP contribution is -2.31. The second kappa shape index (κ2) is 5.94. The Balaban J connectivity index is 2.11. The molecule has 1 N–H and O–H groups in total. The summed E-state index contributed by atoms with van der Waals surface area (Å²) in [7, 11) is -3.39. The topological polar surface area (TPSA) is 46.2 Å². The van der Waals surface area contributed by atoms with Crippen LogP contribution in [-0.2, 0) is 22.9 Å². The van der Waals surface area contributed by atoms with Crippen molar-refractivity contribution < 1.29 is 8.42 Å². The van der Waals surface area contributed by atoms with Crippen molar-refractivity contribution in [2.24, 2.45) is 5.92 Å². The number of nitrogens with one attached hydrogen (secondary N) is 1. The Morgan fingerprint density at radius 2 is 1.95 bits per heavy atom. The van der Waals surface area contributed by atoms with Gasteiger partial charge in [-0.25, -0.2) is 13.1 Å². The van der Waals surface area contributed by atoms with Crippen molar-refractivity contribution >= 4 is 26.0 Å². The number of hydrogen-bond acceptors (Lipinski definition) is 2. The van der Waals surface area contributed by atoms with Crippen molar-refractivity contribution in [3.63, 3.8) is 0 Å². The van der Waals surface area contributed by atoms with E-state index in [1.165, 1.54) is 11.1 Å². The molecule has 1 aliphatic carbocycles. The Morgan fingerprint density at radius 3 is 2.63 bits per heavy atom. The molecule has 1 aliphatic rings. The van der Waals surface area contributed by atoms with Crippen LogP contribution in [0.2, 0.25) is 0 Å². The first-order chi connectivity index (χ1) is 8.90. The number of aryl methyl sites for hydroxylation is 2. The van der Waals surface area contributed by atoms with Crippen LogP contribution in [0.5, 0.6) is 0 Å². The normalized spacial score (nSPS) is 16.6. The van der Waals surface area contributed by atoms with E-state index in [1.54, 1.807) is 6.07 Å². The summed E-state index contributed by atoms with van der Waals surface area (Å²) in [5.41, 5.74) is 2.47. The van der Waals surface area contributed by atoms with Crippen molar-refractivity contribution in [1.29, 1.82) is 0 Å². The van der Waals surface area contributed by atoms with E-state index in [0.717, 1.165) is 19.3 Å². The van der Waals surface area contributed by atoms with Crippen LogP contribution in [0.25, 0.3) is 0 Å². The van der Waals surface area contributed by atoms with E-state index in [2.05, 4.69) is 34.5 Å². The minimum atomic E-state index is -3.39. The zero-order chi connectivity index (χ0) is 14.0. The van der Waals surface area contributed by atoms with Gasteiger partial charge in [0.1, 0.15) is 0 Å². The molecule has 19 heavy (non-hydrogen) atoms. The molecule has 0 saturated heterocycles. The summed E-state index contributed by atoms with van der Waals surface area (Å²) >= 11 is 3.49. The summed E-state index contributed by atoms with van der Waals surface area (Å²) < 4.78 is 27.1. The fraction of sp³-hybridized carbons (Fsp3) is 0.571. The van der Waals surface area contributed by atoms with Gasteiger partial charge in [-0.05, 0) is 48.4 Å². The van der Waals surface area contributed by atoms with E-state index in [1.807, 2.05) is 12.1 Å². The third-order valence-electron chi connectivity index (χ3n) is 3.57. The van der Waals surface area contributed by atoms with Gasteiger partial charge in [0.15, 0.2) is 0 Å². The zero-order valence-corrected chi connectivity index (χ0v) is 13.7. The summed E-state index contributed by atoms with van der Waals surface area (Å²) in [5.74, 6) is 0.391. The second-order valence-electron chi connectivity index (χ2n) is 5.40. The highest BCUT2D eigenvalue weighted by Gasteiger charge is 2.20. The predicted octanol–water partition coefficient (Wildman–Crippen LogP) is 2.87. The standard InChI is InChI=1S/C14H20BrNO2S/c1-10(2)14(15)9-16-19(17,18)13-7-6-11-4-3-5-12(11)8-13/h6-8,10,14,16H,3-5,9H2,1-2H3. The van der Waals surface area contributed by atoms with Gasteiger partial charge >= 0.3 is 0 Å². The van der Waals surface area contributed by atoms with Crippen LogP contribution in [0.4, 0.5) is 0 Å². The van der Waals surface area contributed by atoms with Gasteiger partial charge in [0, 0.05) is 11.4 Å². The lowest BCUT2D eigenvalue weighted by molar-refractivity contribution is 0.563. The third kappa shape index (κ3) is 3.58. The molecule has 0 heterocycles. The molecular weight excluding hydrogens is 326 g/mol. The molecule has 0 radical (unpaired) electrons. The predicted molar refractivity (Wildman–Crippen MR) is 81.2 cm³/mol. The van der Waals surface area contributed by atoms with Gasteiger partial charge < -0.3 is 0 Å². The minimum absolute atomic E-state index is 0.150. The summed E-state index contributed by atoms with van der Waals surface area (Å²) in [6, 6.07) is 5.49. The number of rotatable bonds is 5. The van der Waals surface area contributed by atoms with Crippen molar-refractivity contribution in [1.82, 2.24) is 4.72 Å². The summed E-state index contributed by atoms with van der Waals surface area (Å²) in [6.45, 7) is 4.53. The fourth-order valence-electron chi connectivity index (χ4n) is 2.22. The molecule has 0 saturated carbocycles. The Labute approximate surface area is 124 Å². The molecule has 0 aliphatic heterocycles. The van der Waals surface area contributed by atoms with Crippen molar-refractivity contribution in [2.75, 3.05) is 6.54 Å². The molecule has 1 unspecified atom stereocenters. The second-order valence-corrected chi connectivity index (χ2v) is 8.34. The van der Waals surface area contributed by atoms with Gasteiger partial charge in [0.25, 0.3) is 0 Å². The van der Waals surface area contributed by atoms with Crippen LogP contribution in [0.3, 0.4) is 0 Å². The maximum absolute atomic E-state index is 12.2. The molecule has 3 nitrogen and oxygen atoms in total. The van der Waals surface area contributed by atoms with Crippen LogP contribution in [0.15, 0.2) is 23.1 Å². The quantitative estimate of drug-likeness (QED) is 0.834. The minimum Gasteiger partial charge on any atom is -0.210 e. The summed E-state index contributed by atoms with van der Waals surface area (Å²) in [4.78, 5) is 0.535. The average molecular weight is 346 g/mol. The van der Waals surface area contributed by atoms with E-state index < -0.39 is 10.0 Å². The summed E-state index contributed by atoms with van der Waals surface area (Å²) in [5, 5.41) is 0. The van der Waals surface area contributed by atoms with Crippen LogP contribution < -0.4 is 4.72 Å². The highest BCUT2D eigenvalue weighted by molar-refractivity contribution is 9.09. The largest absolute Gasteiger partial charge is 0.240 e. The first kappa shape index (κ1) is 15.0. The van der Waals surface area contributed by atoms with Crippen LogP contribution >= 0.6 is 15.9 Å². The molecule has 2 rings (SSSR count). The van der Waals surface area contributed by atoms with Crippen molar-refractivity contribution in [3.05, 3.63) is 29.3 Å². The summed E-state index contributed by atoms with van der Waals surface area (Å²) in [6.07, 6.45) is 3.19. The lowest BCUT2D eigenvalue weighted by Gasteiger charge is -2.15.